The smallest absolute Gasteiger partial charge is 0.210 e. The van der Waals surface area contributed by atoms with Gasteiger partial charge >= 0.3 is 0 Å². The summed E-state index contributed by atoms with van der Waals surface area (Å²) < 4.78 is 28.4. The van der Waals surface area contributed by atoms with Crippen LogP contribution in [-0.4, -0.2) is 49.0 Å². The Morgan fingerprint density at radius 3 is 2.55 bits per heavy atom. The molecule has 2 aromatic carbocycles. The van der Waals surface area contributed by atoms with Crippen LogP contribution in [0.3, 0.4) is 0 Å². The van der Waals surface area contributed by atoms with Crippen LogP contribution in [0.4, 0.5) is 0 Å². The van der Waals surface area contributed by atoms with Crippen molar-refractivity contribution >= 4 is 5.78 Å². The first kappa shape index (κ1) is 19.6. The second-order valence-electron chi connectivity index (χ2n) is 7.95. The number of hydrogen-bond donors (Lipinski definition) is 2. The Balaban J connectivity index is 1.67. The van der Waals surface area contributed by atoms with Gasteiger partial charge in [-0.15, -0.1) is 0 Å². The van der Waals surface area contributed by atoms with Gasteiger partial charge in [0, 0.05) is 29.7 Å². The van der Waals surface area contributed by atoms with Crippen LogP contribution in [0.5, 0.6) is 34.5 Å². The predicted octanol–water partition coefficient (Wildman–Crippen LogP) is 2.51. The molecule has 3 heterocycles. The molecule has 8 heteroatoms. The van der Waals surface area contributed by atoms with Gasteiger partial charge in [-0.2, -0.15) is 0 Å². The first-order valence-corrected chi connectivity index (χ1v) is 9.83. The Morgan fingerprint density at radius 2 is 1.87 bits per heavy atom. The molecule has 2 aromatic rings. The van der Waals surface area contributed by atoms with E-state index in [0.717, 1.165) is 5.57 Å². The highest BCUT2D eigenvalue weighted by Crippen LogP contribution is 2.53. The minimum atomic E-state index is -2.07. The number of aliphatic hydroxyl groups is 1. The molecule has 0 aromatic heterocycles. The number of carbonyl (C=O) groups is 1. The molecule has 0 amide bonds. The van der Waals surface area contributed by atoms with E-state index in [0.29, 0.717) is 29.2 Å². The van der Waals surface area contributed by atoms with Crippen molar-refractivity contribution in [3.63, 3.8) is 0 Å². The average Bonchev–Trinajstić information content (AvgIpc) is 3.18. The second kappa shape index (κ2) is 6.55. The van der Waals surface area contributed by atoms with Crippen molar-refractivity contribution in [3.8, 4) is 34.5 Å². The second-order valence-corrected chi connectivity index (χ2v) is 7.95. The zero-order valence-corrected chi connectivity index (χ0v) is 17.4. The maximum absolute atomic E-state index is 13.6. The number of phenols is 1. The van der Waals surface area contributed by atoms with Crippen LogP contribution in [0, 0.1) is 0 Å². The number of rotatable bonds is 3. The standard InChI is InChI=1S/C23H22O8/c1-10(2)14-5-11-15(30-14)7-13(24)20-21(11)31-19-9-29-16-8-18(28-4)17(27-3)6-12(16)23(19,26)22(20)25/h6-8,14,19,24,26H,1,5,9H2,2-4H3/t14-,19+,23-/m0/s1. The van der Waals surface area contributed by atoms with E-state index in [-0.39, 0.29) is 41.1 Å². The summed E-state index contributed by atoms with van der Waals surface area (Å²) >= 11 is 0. The van der Waals surface area contributed by atoms with E-state index in [2.05, 4.69) is 6.58 Å². The number of ketones is 1. The topological polar surface area (TPSA) is 104 Å². The molecule has 31 heavy (non-hydrogen) atoms. The maximum atomic E-state index is 13.6. The number of carbonyl (C=O) groups excluding carboxylic acids is 1. The minimum Gasteiger partial charge on any atom is -0.507 e. The molecule has 0 aliphatic carbocycles. The summed E-state index contributed by atoms with van der Waals surface area (Å²) in [5.74, 6) is 0.668. The van der Waals surface area contributed by atoms with Gasteiger partial charge in [-0.3, -0.25) is 4.79 Å². The lowest BCUT2D eigenvalue weighted by atomic mass is 9.76. The fourth-order valence-corrected chi connectivity index (χ4v) is 4.42. The molecular weight excluding hydrogens is 404 g/mol. The Morgan fingerprint density at radius 1 is 1.16 bits per heavy atom. The van der Waals surface area contributed by atoms with E-state index in [1.165, 1.54) is 26.4 Å². The Labute approximate surface area is 178 Å². The Bertz CT molecular complexity index is 1140. The van der Waals surface area contributed by atoms with Gasteiger partial charge in [-0.1, -0.05) is 6.58 Å². The predicted molar refractivity (Wildman–Crippen MR) is 109 cm³/mol. The van der Waals surface area contributed by atoms with Crippen molar-refractivity contribution in [2.75, 3.05) is 20.8 Å². The summed E-state index contributed by atoms with van der Waals surface area (Å²) in [7, 11) is 2.94. The number of benzene rings is 2. The summed E-state index contributed by atoms with van der Waals surface area (Å²) in [5.41, 5.74) is -0.480. The molecule has 3 atom stereocenters. The molecule has 0 bridgehead atoms. The van der Waals surface area contributed by atoms with Crippen molar-refractivity contribution in [1.82, 2.24) is 0 Å². The van der Waals surface area contributed by atoms with Crippen molar-refractivity contribution < 1.29 is 38.7 Å². The molecule has 0 radical (unpaired) electrons. The highest BCUT2D eigenvalue weighted by molar-refractivity contribution is 6.09. The first-order chi connectivity index (χ1) is 14.8. The van der Waals surface area contributed by atoms with Crippen LogP contribution in [0.25, 0.3) is 0 Å². The average molecular weight is 426 g/mol. The highest BCUT2D eigenvalue weighted by atomic mass is 16.6. The van der Waals surface area contributed by atoms with Crippen LogP contribution < -0.4 is 23.7 Å². The summed E-state index contributed by atoms with van der Waals surface area (Å²) in [5, 5.41) is 22.3. The summed E-state index contributed by atoms with van der Waals surface area (Å²) in [6.45, 7) is 5.70. The Kier molecular flexibility index (Phi) is 4.14. The summed E-state index contributed by atoms with van der Waals surface area (Å²) in [6, 6.07) is 4.44. The van der Waals surface area contributed by atoms with E-state index in [1.54, 1.807) is 6.07 Å². The third kappa shape index (κ3) is 2.54. The minimum absolute atomic E-state index is 0.0701. The van der Waals surface area contributed by atoms with Gasteiger partial charge in [0.15, 0.2) is 23.2 Å². The number of fused-ring (bicyclic) bond motifs is 6. The molecule has 8 nitrogen and oxygen atoms in total. The maximum Gasteiger partial charge on any atom is 0.210 e. The molecular formula is C23H22O8. The third-order valence-electron chi connectivity index (χ3n) is 6.12. The van der Waals surface area contributed by atoms with Gasteiger partial charge in [0.2, 0.25) is 5.78 Å². The largest absolute Gasteiger partial charge is 0.507 e. The quantitative estimate of drug-likeness (QED) is 0.722. The first-order valence-electron chi connectivity index (χ1n) is 9.83. The van der Waals surface area contributed by atoms with E-state index in [4.69, 9.17) is 23.7 Å². The number of phenolic OH excluding ortho intramolecular Hbond substituents is 1. The van der Waals surface area contributed by atoms with Crippen molar-refractivity contribution in [3.05, 3.63) is 47.0 Å². The van der Waals surface area contributed by atoms with Gasteiger partial charge < -0.3 is 33.9 Å². The van der Waals surface area contributed by atoms with E-state index >= 15 is 0 Å². The van der Waals surface area contributed by atoms with Crippen LogP contribution in [0.1, 0.15) is 28.4 Å². The van der Waals surface area contributed by atoms with Gasteiger partial charge in [0.1, 0.15) is 41.3 Å². The molecule has 0 fully saturated rings. The van der Waals surface area contributed by atoms with E-state index in [9.17, 15) is 15.0 Å². The molecule has 3 aliphatic heterocycles. The lowest BCUT2D eigenvalue weighted by molar-refractivity contribution is -0.0805. The monoisotopic (exact) mass is 426 g/mol. The van der Waals surface area contributed by atoms with Gasteiger partial charge in [0.05, 0.1) is 14.2 Å². The number of ether oxygens (including phenoxy) is 5. The van der Waals surface area contributed by atoms with Crippen molar-refractivity contribution in [2.24, 2.45) is 0 Å². The van der Waals surface area contributed by atoms with Gasteiger partial charge in [-0.05, 0) is 18.6 Å². The number of aromatic hydroxyl groups is 1. The molecule has 0 saturated carbocycles. The third-order valence-corrected chi connectivity index (χ3v) is 6.12. The van der Waals surface area contributed by atoms with Gasteiger partial charge in [-0.25, -0.2) is 0 Å². The van der Waals surface area contributed by atoms with E-state index in [1.807, 2.05) is 6.92 Å². The fraction of sp³-hybridized carbons (Fsp3) is 0.348. The van der Waals surface area contributed by atoms with Crippen LogP contribution in [0.2, 0.25) is 0 Å². The van der Waals surface area contributed by atoms with Crippen LogP contribution >= 0.6 is 0 Å². The van der Waals surface area contributed by atoms with Crippen LogP contribution in [0.15, 0.2) is 30.4 Å². The Hall–Kier alpha value is -3.39. The SMILES string of the molecule is C=C(C)[C@@H]1Cc2c(cc(O)c3c2O[C@@H]2COc4cc(OC)c(OC)cc4[C@@]2(O)C3=O)O1. The van der Waals surface area contributed by atoms with E-state index < -0.39 is 17.5 Å². The fourth-order valence-electron chi connectivity index (χ4n) is 4.42. The molecule has 162 valence electrons. The van der Waals surface area contributed by atoms with Crippen molar-refractivity contribution in [1.29, 1.82) is 0 Å². The summed E-state index contributed by atoms with van der Waals surface area (Å²) in [6.07, 6.45) is -0.845. The lowest BCUT2D eigenvalue weighted by Gasteiger charge is -2.43. The number of methoxy groups -OCH3 is 2. The normalized spacial score (nSPS) is 25.1. The van der Waals surface area contributed by atoms with Crippen molar-refractivity contribution in [2.45, 2.75) is 31.2 Å². The zero-order chi connectivity index (χ0) is 22.1. The molecule has 2 N–H and O–H groups in total. The van der Waals surface area contributed by atoms with Gasteiger partial charge in [0.25, 0.3) is 0 Å². The molecule has 0 saturated heterocycles. The molecule has 0 unspecified atom stereocenters. The van der Waals surface area contributed by atoms with Crippen LogP contribution in [-0.2, 0) is 12.0 Å². The molecule has 3 aliphatic rings. The molecule has 0 spiro atoms. The number of Topliss-reactive ketones (excluding diaryl/α,β-unsaturated/α-hetero) is 1. The molecule has 5 rings (SSSR count). The number of hydrogen-bond acceptors (Lipinski definition) is 8. The lowest BCUT2D eigenvalue weighted by Crippen LogP contribution is -2.57. The highest BCUT2D eigenvalue weighted by Gasteiger charge is 2.57. The summed E-state index contributed by atoms with van der Waals surface area (Å²) in [4.78, 5) is 13.6. The zero-order valence-electron chi connectivity index (χ0n) is 17.4.